The van der Waals surface area contributed by atoms with Crippen LogP contribution in [0.2, 0.25) is 0 Å². The van der Waals surface area contributed by atoms with Crippen LogP contribution in [0.3, 0.4) is 0 Å². The third-order valence-electron chi connectivity index (χ3n) is 2.31. The highest BCUT2D eigenvalue weighted by Crippen LogP contribution is 2.20. The molecule has 13 heavy (non-hydrogen) atoms. The van der Waals surface area contributed by atoms with E-state index in [0.717, 1.165) is 16.6 Å². The molecule has 68 valence electrons. The van der Waals surface area contributed by atoms with Crippen molar-refractivity contribution >= 4 is 11.0 Å². The first-order valence-corrected chi connectivity index (χ1v) is 4.32. The number of hydrogen-bond donors (Lipinski definition) is 0. The van der Waals surface area contributed by atoms with Crippen molar-refractivity contribution < 1.29 is 4.39 Å². The van der Waals surface area contributed by atoms with Gasteiger partial charge in [0.2, 0.25) is 0 Å². The summed E-state index contributed by atoms with van der Waals surface area (Å²) in [7, 11) is 1.91. The summed E-state index contributed by atoms with van der Waals surface area (Å²) in [5.41, 5.74) is 1.60. The van der Waals surface area contributed by atoms with Gasteiger partial charge in [-0.25, -0.2) is 9.37 Å². The number of nitrogens with zero attached hydrogens (tertiary/aromatic N) is 2. The molecule has 0 aliphatic carbocycles. The van der Waals surface area contributed by atoms with E-state index in [1.165, 1.54) is 6.20 Å². The Hall–Kier alpha value is -1.38. The lowest BCUT2D eigenvalue weighted by molar-refractivity contribution is 0.609. The second kappa shape index (κ2) is 2.83. The maximum atomic E-state index is 13.3. The zero-order valence-electron chi connectivity index (χ0n) is 7.71. The molecule has 0 amide bonds. The van der Waals surface area contributed by atoms with E-state index in [-0.39, 0.29) is 5.82 Å². The lowest BCUT2D eigenvalue weighted by Gasteiger charge is -2.01. The number of hydrogen-bond acceptors (Lipinski definition) is 1. The quantitative estimate of drug-likeness (QED) is 0.655. The van der Waals surface area contributed by atoms with Gasteiger partial charge in [0, 0.05) is 24.2 Å². The molecular formula is C10H11FN2. The minimum atomic E-state index is -0.207. The topological polar surface area (TPSA) is 17.8 Å². The summed E-state index contributed by atoms with van der Waals surface area (Å²) in [5.74, 6) is -0.207. The van der Waals surface area contributed by atoms with Gasteiger partial charge in [-0.2, -0.15) is 0 Å². The highest BCUT2D eigenvalue weighted by Gasteiger charge is 2.08. The lowest BCUT2D eigenvalue weighted by atomic mass is 10.1. The SMILES string of the molecule is CCc1c(F)cnc2c1ccn2C. The molecule has 0 N–H and O–H groups in total. The van der Waals surface area contributed by atoms with Crippen LogP contribution in [-0.4, -0.2) is 9.55 Å². The van der Waals surface area contributed by atoms with Crippen molar-refractivity contribution in [3.63, 3.8) is 0 Å². The fourth-order valence-corrected chi connectivity index (χ4v) is 1.60. The molecule has 0 unspecified atom stereocenters. The maximum absolute atomic E-state index is 13.3. The maximum Gasteiger partial charge on any atom is 0.145 e. The van der Waals surface area contributed by atoms with Gasteiger partial charge in [-0.05, 0) is 12.5 Å². The van der Waals surface area contributed by atoms with Crippen LogP contribution in [0.4, 0.5) is 4.39 Å². The minimum absolute atomic E-state index is 0.207. The normalized spacial score (nSPS) is 11.0. The number of halogens is 1. The molecule has 0 fully saturated rings. The summed E-state index contributed by atoms with van der Waals surface area (Å²) >= 11 is 0. The van der Waals surface area contributed by atoms with Gasteiger partial charge in [0.05, 0.1) is 6.20 Å². The van der Waals surface area contributed by atoms with E-state index >= 15 is 0 Å². The Kier molecular flexibility index (Phi) is 1.79. The van der Waals surface area contributed by atoms with Gasteiger partial charge < -0.3 is 4.57 Å². The molecule has 2 nitrogen and oxygen atoms in total. The van der Waals surface area contributed by atoms with Crippen LogP contribution in [0.25, 0.3) is 11.0 Å². The van der Waals surface area contributed by atoms with Crippen LogP contribution >= 0.6 is 0 Å². The van der Waals surface area contributed by atoms with Crippen LogP contribution < -0.4 is 0 Å². The molecule has 2 rings (SSSR count). The average Bonchev–Trinajstić information content (AvgIpc) is 2.48. The predicted molar refractivity (Wildman–Crippen MR) is 50.1 cm³/mol. The van der Waals surface area contributed by atoms with Gasteiger partial charge in [0.1, 0.15) is 11.5 Å². The third kappa shape index (κ3) is 1.11. The standard InChI is InChI=1S/C10H11FN2/c1-3-7-8-4-5-13(2)10(8)12-6-9(7)11/h4-6H,3H2,1-2H3. The molecule has 0 aliphatic heterocycles. The average molecular weight is 178 g/mol. The largest absolute Gasteiger partial charge is 0.336 e. The van der Waals surface area contributed by atoms with Gasteiger partial charge in [0.15, 0.2) is 0 Å². The van der Waals surface area contributed by atoms with Gasteiger partial charge in [-0.15, -0.1) is 0 Å². The van der Waals surface area contributed by atoms with Crippen molar-refractivity contribution in [1.29, 1.82) is 0 Å². The number of aromatic nitrogens is 2. The van der Waals surface area contributed by atoms with Crippen LogP contribution in [0.5, 0.6) is 0 Å². The molecule has 0 bridgehead atoms. The molecule has 0 aromatic carbocycles. The van der Waals surface area contributed by atoms with Crippen LogP contribution in [0.1, 0.15) is 12.5 Å². The van der Waals surface area contributed by atoms with Gasteiger partial charge in [-0.3, -0.25) is 0 Å². The highest BCUT2D eigenvalue weighted by molar-refractivity contribution is 5.80. The van der Waals surface area contributed by atoms with Crippen molar-refractivity contribution in [1.82, 2.24) is 9.55 Å². The smallest absolute Gasteiger partial charge is 0.145 e. The zero-order chi connectivity index (χ0) is 9.42. The zero-order valence-corrected chi connectivity index (χ0v) is 7.71. The second-order valence-electron chi connectivity index (χ2n) is 3.10. The third-order valence-corrected chi connectivity index (χ3v) is 2.31. The van der Waals surface area contributed by atoms with Crippen LogP contribution in [0.15, 0.2) is 18.5 Å². The summed E-state index contributed by atoms with van der Waals surface area (Å²) in [6, 6.07) is 1.91. The lowest BCUT2D eigenvalue weighted by Crippen LogP contribution is -1.93. The molecule has 0 atom stereocenters. The second-order valence-corrected chi connectivity index (χ2v) is 3.10. The summed E-state index contributed by atoms with van der Waals surface area (Å²) in [5, 5.41) is 0.921. The van der Waals surface area contributed by atoms with Crippen LogP contribution in [0, 0.1) is 5.82 Å². The van der Waals surface area contributed by atoms with Crippen molar-refractivity contribution in [2.75, 3.05) is 0 Å². The van der Waals surface area contributed by atoms with Gasteiger partial charge in [-0.1, -0.05) is 6.92 Å². The van der Waals surface area contributed by atoms with E-state index < -0.39 is 0 Å². The Bertz CT molecular complexity index is 445. The molecule has 0 spiro atoms. The molecule has 2 aromatic rings. The molecule has 0 aliphatic rings. The fourth-order valence-electron chi connectivity index (χ4n) is 1.60. The van der Waals surface area contributed by atoms with E-state index in [1.807, 2.05) is 30.8 Å². The Morgan fingerprint density at radius 3 is 3.00 bits per heavy atom. The van der Waals surface area contributed by atoms with E-state index in [0.29, 0.717) is 6.42 Å². The summed E-state index contributed by atoms with van der Waals surface area (Å²) in [6.07, 6.45) is 3.90. The molecule has 0 saturated heterocycles. The van der Waals surface area contributed by atoms with Gasteiger partial charge in [0.25, 0.3) is 0 Å². The highest BCUT2D eigenvalue weighted by atomic mass is 19.1. The summed E-state index contributed by atoms with van der Waals surface area (Å²) in [4.78, 5) is 4.04. The number of aryl methyl sites for hydroxylation is 2. The molecule has 3 heteroatoms. The number of rotatable bonds is 1. The van der Waals surface area contributed by atoms with Crippen LogP contribution in [-0.2, 0) is 13.5 Å². The Morgan fingerprint density at radius 1 is 1.54 bits per heavy atom. The first-order valence-electron chi connectivity index (χ1n) is 4.32. The van der Waals surface area contributed by atoms with E-state index in [2.05, 4.69) is 4.98 Å². The first-order chi connectivity index (χ1) is 6.24. The fraction of sp³-hybridized carbons (Fsp3) is 0.300. The first kappa shape index (κ1) is 8.23. The number of pyridine rings is 1. The Labute approximate surface area is 76.0 Å². The van der Waals surface area contributed by atoms with Crippen molar-refractivity contribution in [2.24, 2.45) is 7.05 Å². The molecule has 0 saturated carbocycles. The molecule has 2 heterocycles. The van der Waals surface area contributed by atoms with Crippen molar-refractivity contribution in [3.05, 3.63) is 29.8 Å². The Balaban J connectivity index is 2.85. The predicted octanol–water partition coefficient (Wildman–Crippen LogP) is 2.27. The molecular weight excluding hydrogens is 167 g/mol. The van der Waals surface area contributed by atoms with E-state index in [9.17, 15) is 4.39 Å². The summed E-state index contributed by atoms with van der Waals surface area (Å²) in [6.45, 7) is 1.95. The van der Waals surface area contributed by atoms with E-state index in [1.54, 1.807) is 0 Å². The Morgan fingerprint density at radius 2 is 2.31 bits per heavy atom. The molecule has 2 aromatic heterocycles. The molecule has 0 radical (unpaired) electrons. The monoisotopic (exact) mass is 178 g/mol. The van der Waals surface area contributed by atoms with Crippen molar-refractivity contribution in [3.8, 4) is 0 Å². The van der Waals surface area contributed by atoms with Gasteiger partial charge >= 0.3 is 0 Å². The number of fused-ring (bicyclic) bond motifs is 1. The summed E-state index contributed by atoms with van der Waals surface area (Å²) < 4.78 is 15.2. The minimum Gasteiger partial charge on any atom is -0.336 e. The van der Waals surface area contributed by atoms with E-state index in [4.69, 9.17) is 0 Å². The van der Waals surface area contributed by atoms with Crippen molar-refractivity contribution in [2.45, 2.75) is 13.3 Å².